The predicted molar refractivity (Wildman–Crippen MR) is 357 cm³/mol. The zero-order valence-electron chi connectivity index (χ0n) is 56.5. The Bertz CT molecular complexity index is 3600. The molecular formula is C76H92N2O19. The summed E-state index contributed by atoms with van der Waals surface area (Å²) in [5.41, 5.74) is 1.30. The summed E-state index contributed by atoms with van der Waals surface area (Å²) in [5.74, 6) is -1.04. The molecule has 21 nitrogen and oxygen atoms in total. The molecule has 6 heterocycles. The van der Waals surface area contributed by atoms with Crippen molar-refractivity contribution in [2.24, 2.45) is 35.0 Å². The topological polar surface area (TPSA) is 268 Å². The van der Waals surface area contributed by atoms with E-state index in [0.717, 1.165) is 40.0 Å². The first-order valence-corrected chi connectivity index (χ1v) is 33.5. The monoisotopic (exact) mass is 1340 g/mol. The summed E-state index contributed by atoms with van der Waals surface area (Å²) in [6.07, 6.45) is 4.35. The molecule has 6 aliphatic rings. The minimum Gasteiger partial charge on any atom is -0.508 e. The Balaban J connectivity index is 0.530. The van der Waals surface area contributed by atoms with Crippen LogP contribution in [-0.4, -0.2) is 181 Å². The molecule has 5 aromatic rings. The standard InChI is InChI=1S/C76H92N2O19/c1-9-47(2)34-72(3,4)43-77-68(84)64-62-30-32-75(96-62,66(64)70(77)86)44-88-35-54(80)39-92-58-22-10-48(11-23-58)73(5,6)50-14-26-60(27-15-50)94-41-56(82)37-90-46-91-38-57(83)42-95-61-28-16-51(17-29-61)74(7,8)49-12-24-59(25-13-49)93-40-55(81)36-89-45-76-33-31-63(97-76)65-67(76)71(87)78(69(65)85)52-18-20-53(79)21-19-52/h10-33,47,54-57,62-67,79-83H,9,34-46H2,1-8H3. The van der Waals surface area contributed by atoms with E-state index in [2.05, 4.69) is 55.4 Å². The van der Waals surface area contributed by atoms with Crippen LogP contribution in [0.3, 0.4) is 0 Å². The van der Waals surface area contributed by atoms with Gasteiger partial charge in [-0.1, -0.05) is 135 Å². The Morgan fingerprint density at radius 3 is 1.22 bits per heavy atom. The normalized spacial score (nSPS) is 24.8. The molecule has 97 heavy (non-hydrogen) atoms. The number of phenolic OH excluding ortho intramolecular Hbond substituents is 1. The van der Waals surface area contributed by atoms with Crippen LogP contribution in [0.1, 0.15) is 90.5 Å². The largest absolute Gasteiger partial charge is 0.508 e. The van der Waals surface area contributed by atoms with Crippen LogP contribution < -0.4 is 23.8 Å². The van der Waals surface area contributed by atoms with Gasteiger partial charge in [0.15, 0.2) is 0 Å². The van der Waals surface area contributed by atoms with Crippen molar-refractivity contribution in [2.45, 2.75) is 127 Å². The van der Waals surface area contributed by atoms with Gasteiger partial charge in [0.1, 0.15) is 97.6 Å². The van der Waals surface area contributed by atoms with Gasteiger partial charge in [-0.05, 0) is 113 Å². The number of anilines is 1. The van der Waals surface area contributed by atoms with Gasteiger partial charge in [0, 0.05) is 17.4 Å². The summed E-state index contributed by atoms with van der Waals surface area (Å²) in [5, 5.41) is 52.5. The highest BCUT2D eigenvalue weighted by atomic mass is 16.7. The van der Waals surface area contributed by atoms with E-state index >= 15 is 0 Å². The number of fused-ring (bicyclic) bond motifs is 10. The first kappa shape index (κ1) is 70.8. The molecule has 4 amide bonds. The Hall–Kier alpha value is -7.54. The summed E-state index contributed by atoms with van der Waals surface area (Å²) in [6.45, 7) is 16.8. The summed E-state index contributed by atoms with van der Waals surface area (Å²) in [4.78, 5) is 57.0. The van der Waals surface area contributed by atoms with Crippen LogP contribution in [-0.2, 0) is 58.4 Å². The molecule has 21 heteroatoms. The van der Waals surface area contributed by atoms with Crippen LogP contribution in [0.15, 0.2) is 146 Å². The van der Waals surface area contributed by atoms with E-state index in [-0.39, 0.29) is 107 Å². The molecule has 0 saturated carbocycles. The van der Waals surface area contributed by atoms with Crippen LogP contribution in [0.2, 0.25) is 0 Å². The molecule has 0 spiro atoms. The quantitative estimate of drug-likeness (QED) is 0.0110. The second-order valence-corrected chi connectivity index (χ2v) is 28.6. The lowest BCUT2D eigenvalue weighted by molar-refractivity contribution is -0.148. The number of hydrogen-bond donors (Lipinski definition) is 5. The highest BCUT2D eigenvalue weighted by molar-refractivity contribution is 6.23. The fourth-order valence-electron chi connectivity index (χ4n) is 14.3. The van der Waals surface area contributed by atoms with E-state index in [1.807, 2.05) is 109 Å². The lowest BCUT2D eigenvalue weighted by atomic mass is 9.77. The number of likely N-dealkylation sites (tertiary alicyclic amines) is 1. The number of carbonyl (C=O) groups is 4. The van der Waals surface area contributed by atoms with E-state index in [4.69, 9.17) is 47.4 Å². The maximum Gasteiger partial charge on any atom is 0.241 e. The highest BCUT2D eigenvalue weighted by Crippen LogP contribution is 2.54. The molecule has 4 saturated heterocycles. The number of rotatable bonds is 36. The third-order valence-electron chi connectivity index (χ3n) is 19.8. The molecule has 4 fully saturated rings. The number of aliphatic hydroxyl groups excluding tert-OH is 4. The first-order chi connectivity index (χ1) is 46.3. The van der Waals surface area contributed by atoms with Crippen molar-refractivity contribution in [2.75, 3.05) is 84.3 Å². The summed E-state index contributed by atoms with van der Waals surface area (Å²) >= 11 is 0. The van der Waals surface area contributed by atoms with Gasteiger partial charge in [-0.3, -0.25) is 24.1 Å². The summed E-state index contributed by atoms with van der Waals surface area (Å²) in [7, 11) is 0. The second kappa shape index (κ2) is 29.5. The van der Waals surface area contributed by atoms with Gasteiger partial charge in [-0.15, -0.1) is 0 Å². The minimum atomic E-state index is -1.14. The van der Waals surface area contributed by atoms with E-state index in [9.17, 15) is 44.7 Å². The van der Waals surface area contributed by atoms with Crippen molar-refractivity contribution in [3.63, 3.8) is 0 Å². The van der Waals surface area contributed by atoms with Gasteiger partial charge in [0.05, 0.1) is 81.2 Å². The molecule has 11 rings (SSSR count). The average Bonchev–Trinajstić information content (AvgIpc) is 1.55. The third kappa shape index (κ3) is 15.5. The van der Waals surface area contributed by atoms with Gasteiger partial charge >= 0.3 is 0 Å². The van der Waals surface area contributed by atoms with Gasteiger partial charge < -0.3 is 72.9 Å². The van der Waals surface area contributed by atoms with E-state index < -0.39 is 82.8 Å². The SMILES string of the molecule is CCC(C)CC(C)(C)CN1C(=O)C2C3C=CC(COCC(O)COc4ccc(C(C)(C)c5ccc(OCC(O)COCOCC(O)COc6ccc(C(C)(C)c7ccc(OCC(O)COCC89C=CC(O8)C8C(=O)N(c%10ccc(O)cc%10)C(=O)C89)cc7)cc6)cc5)cc4)(O3)C2C1=O. The van der Waals surface area contributed by atoms with E-state index in [1.54, 1.807) is 12.2 Å². The summed E-state index contributed by atoms with van der Waals surface area (Å²) in [6, 6.07) is 36.5. The maximum absolute atomic E-state index is 13.8. The van der Waals surface area contributed by atoms with Gasteiger partial charge in [0.2, 0.25) is 23.6 Å². The number of ether oxygens (including phenoxy) is 10. The number of amides is 4. The number of aliphatic hydroxyl groups is 4. The molecule has 520 valence electrons. The van der Waals surface area contributed by atoms with Gasteiger partial charge in [0.25, 0.3) is 0 Å². The van der Waals surface area contributed by atoms with Crippen LogP contribution in [0.25, 0.3) is 0 Å². The van der Waals surface area contributed by atoms with Crippen molar-refractivity contribution in [1.82, 2.24) is 4.90 Å². The third-order valence-corrected chi connectivity index (χ3v) is 19.8. The number of phenols is 1. The number of hydrogen-bond acceptors (Lipinski definition) is 19. The molecule has 0 aromatic heterocycles. The highest BCUT2D eigenvalue weighted by Gasteiger charge is 2.69. The minimum absolute atomic E-state index is 0.0146. The molecule has 13 atom stereocenters. The Morgan fingerprint density at radius 2 is 0.835 bits per heavy atom. The summed E-state index contributed by atoms with van der Waals surface area (Å²) < 4.78 is 58.8. The molecule has 0 radical (unpaired) electrons. The fourth-order valence-corrected chi connectivity index (χ4v) is 14.3. The zero-order valence-corrected chi connectivity index (χ0v) is 56.5. The second-order valence-electron chi connectivity index (χ2n) is 28.6. The van der Waals surface area contributed by atoms with Crippen molar-refractivity contribution in [3.05, 3.63) is 168 Å². The Labute approximate surface area is 566 Å². The van der Waals surface area contributed by atoms with Gasteiger partial charge in [-0.2, -0.15) is 0 Å². The first-order valence-electron chi connectivity index (χ1n) is 33.5. The lowest BCUT2D eigenvalue weighted by Crippen LogP contribution is -2.46. The molecule has 6 aliphatic heterocycles. The number of imide groups is 2. The van der Waals surface area contributed by atoms with Gasteiger partial charge in [-0.25, -0.2) is 4.90 Å². The van der Waals surface area contributed by atoms with E-state index in [0.29, 0.717) is 41.1 Å². The molecule has 0 aliphatic carbocycles. The van der Waals surface area contributed by atoms with Crippen LogP contribution in [0, 0.1) is 35.0 Å². The Kier molecular flexibility index (Phi) is 21.5. The number of aromatic hydroxyl groups is 1. The zero-order chi connectivity index (χ0) is 69.0. The lowest BCUT2D eigenvalue weighted by Gasteiger charge is -2.33. The van der Waals surface area contributed by atoms with Crippen LogP contribution in [0.4, 0.5) is 5.69 Å². The molecule has 4 bridgehead atoms. The van der Waals surface area contributed by atoms with E-state index in [1.165, 1.54) is 29.2 Å². The predicted octanol–water partition coefficient (Wildman–Crippen LogP) is 8.01. The van der Waals surface area contributed by atoms with Crippen LogP contribution >= 0.6 is 0 Å². The molecule has 13 unspecified atom stereocenters. The smallest absolute Gasteiger partial charge is 0.241 e. The maximum atomic E-state index is 13.8. The van der Waals surface area contributed by atoms with Crippen molar-refractivity contribution in [1.29, 1.82) is 0 Å². The van der Waals surface area contributed by atoms with Crippen molar-refractivity contribution >= 4 is 29.3 Å². The number of carbonyl (C=O) groups excluding carboxylic acids is 4. The number of benzene rings is 5. The number of nitrogens with zero attached hydrogens (tertiary/aromatic N) is 2. The average molecular weight is 1340 g/mol. The van der Waals surface area contributed by atoms with Crippen molar-refractivity contribution < 1.29 is 92.1 Å². The molecule has 5 N–H and O–H groups in total. The van der Waals surface area contributed by atoms with Crippen molar-refractivity contribution in [3.8, 4) is 28.7 Å². The Morgan fingerprint density at radius 1 is 0.474 bits per heavy atom. The molecular weight excluding hydrogens is 1240 g/mol. The fraction of sp³-hybridized carbons (Fsp3) is 0.500. The molecule has 5 aromatic carbocycles. The van der Waals surface area contributed by atoms with Crippen LogP contribution in [0.5, 0.6) is 28.7 Å².